The second-order valence-electron chi connectivity index (χ2n) is 4.44. The number of benzene rings is 2. The van der Waals surface area contributed by atoms with Gasteiger partial charge in [-0.1, -0.05) is 12.1 Å². The van der Waals surface area contributed by atoms with Gasteiger partial charge in [-0.25, -0.2) is 0 Å². The van der Waals surface area contributed by atoms with E-state index in [1.54, 1.807) is 0 Å². The van der Waals surface area contributed by atoms with E-state index in [4.69, 9.17) is 10.5 Å². The van der Waals surface area contributed by atoms with Crippen LogP contribution < -0.4 is 10.5 Å². The molecule has 0 aliphatic carbocycles. The van der Waals surface area contributed by atoms with Crippen molar-refractivity contribution in [2.45, 2.75) is 20.8 Å². The summed E-state index contributed by atoms with van der Waals surface area (Å²) in [5.41, 5.74) is 10.1. The van der Waals surface area contributed by atoms with Crippen LogP contribution in [0.3, 0.4) is 0 Å². The summed E-state index contributed by atoms with van der Waals surface area (Å²) >= 11 is 2.24. The Morgan fingerprint density at radius 3 is 2.33 bits per heavy atom. The summed E-state index contributed by atoms with van der Waals surface area (Å²) in [5, 5.41) is 0. The molecule has 0 aromatic heterocycles. The Morgan fingerprint density at radius 1 is 1.00 bits per heavy atom. The molecule has 0 atom stereocenters. The second kappa shape index (κ2) is 5.18. The lowest BCUT2D eigenvalue weighted by atomic mass is 10.1. The minimum absolute atomic E-state index is 0.669. The van der Waals surface area contributed by atoms with Crippen molar-refractivity contribution in [1.82, 2.24) is 0 Å². The van der Waals surface area contributed by atoms with Crippen LogP contribution >= 0.6 is 22.6 Å². The van der Waals surface area contributed by atoms with E-state index in [9.17, 15) is 0 Å². The van der Waals surface area contributed by atoms with Crippen LogP contribution in [0, 0.1) is 24.3 Å². The number of nitrogen functional groups attached to an aromatic ring is 1. The Kier molecular flexibility index (Phi) is 3.80. The molecule has 0 heterocycles. The van der Waals surface area contributed by atoms with E-state index in [1.165, 1.54) is 5.56 Å². The van der Waals surface area contributed by atoms with Crippen LogP contribution in [-0.2, 0) is 0 Å². The molecule has 0 saturated heterocycles. The molecule has 2 N–H and O–H groups in total. The number of hydrogen-bond acceptors (Lipinski definition) is 2. The van der Waals surface area contributed by atoms with E-state index in [2.05, 4.69) is 48.6 Å². The maximum Gasteiger partial charge on any atom is 0.150 e. The SMILES string of the molecule is Cc1ccc(C)c(Oc2ccc(I)cc2N)c1C. The molecule has 0 amide bonds. The molecule has 0 radical (unpaired) electrons. The molecule has 2 aromatic carbocycles. The van der Waals surface area contributed by atoms with E-state index in [0.717, 1.165) is 20.4 Å². The highest BCUT2D eigenvalue weighted by Gasteiger charge is 2.09. The third kappa shape index (κ3) is 2.61. The Morgan fingerprint density at radius 2 is 1.67 bits per heavy atom. The van der Waals surface area contributed by atoms with Crippen molar-refractivity contribution in [3.63, 3.8) is 0 Å². The fourth-order valence-electron chi connectivity index (χ4n) is 1.80. The van der Waals surface area contributed by atoms with Crippen LogP contribution in [0.1, 0.15) is 16.7 Å². The molecule has 2 aromatic rings. The van der Waals surface area contributed by atoms with Gasteiger partial charge in [0.25, 0.3) is 0 Å². The fraction of sp³-hybridized carbons (Fsp3) is 0.200. The van der Waals surface area contributed by atoms with Crippen molar-refractivity contribution in [2.75, 3.05) is 5.73 Å². The second-order valence-corrected chi connectivity index (χ2v) is 5.68. The van der Waals surface area contributed by atoms with E-state index >= 15 is 0 Å². The van der Waals surface area contributed by atoms with Gasteiger partial charge in [0.15, 0.2) is 0 Å². The monoisotopic (exact) mass is 353 g/mol. The first-order valence-corrected chi connectivity index (χ1v) is 6.86. The van der Waals surface area contributed by atoms with Crippen LogP contribution in [0.4, 0.5) is 5.69 Å². The third-order valence-electron chi connectivity index (χ3n) is 3.06. The first kappa shape index (κ1) is 13.2. The smallest absolute Gasteiger partial charge is 0.150 e. The average Bonchev–Trinajstić information content (AvgIpc) is 2.32. The van der Waals surface area contributed by atoms with Crippen LogP contribution in [0.2, 0.25) is 0 Å². The maximum atomic E-state index is 5.98. The van der Waals surface area contributed by atoms with Crippen molar-refractivity contribution in [2.24, 2.45) is 0 Å². The van der Waals surface area contributed by atoms with Gasteiger partial charge in [-0.05, 0) is 78.3 Å². The number of rotatable bonds is 2. The highest BCUT2D eigenvalue weighted by molar-refractivity contribution is 14.1. The molecule has 2 rings (SSSR count). The maximum absolute atomic E-state index is 5.98. The first-order chi connectivity index (χ1) is 8.49. The van der Waals surface area contributed by atoms with Gasteiger partial charge in [-0.2, -0.15) is 0 Å². The van der Waals surface area contributed by atoms with Gasteiger partial charge in [0.05, 0.1) is 5.69 Å². The summed E-state index contributed by atoms with van der Waals surface area (Å²) in [6, 6.07) is 10.00. The van der Waals surface area contributed by atoms with E-state index in [1.807, 2.05) is 25.1 Å². The molecular weight excluding hydrogens is 337 g/mol. The summed E-state index contributed by atoms with van der Waals surface area (Å²) in [6.07, 6.45) is 0. The number of hydrogen-bond donors (Lipinski definition) is 1. The molecule has 0 saturated carbocycles. The average molecular weight is 353 g/mol. The van der Waals surface area contributed by atoms with Crippen molar-refractivity contribution in [3.8, 4) is 11.5 Å². The Hall–Kier alpha value is -1.23. The Bertz CT molecular complexity index is 593. The van der Waals surface area contributed by atoms with Gasteiger partial charge in [0, 0.05) is 3.57 Å². The zero-order valence-electron chi connectivity index (χ0n) is 10.8. The summed E-state index contributed by atoms with van der Waals surface area (Å²) < 4.78 is 7.08. The number of aryl methyl sites for hydroxylation is 2. The van der Waals surface area contributed by atoms with Gasteiger partial charge in [-0.3, -0.25) is 0 Å². The largest absolute Gasteiger partial charge is 0.455 e. The summed E-state index contributed by atoms with van der Waals surface area (Å²) in [5.74, 6) is 1.62. The lowest BCUT2D eigenvalue weighted by molar-refractivity contribution is 0.477. The summed E-state index contributed by atoms with van der Waals surface area (Å²) in [6.45, 7) is 6.20. The van der Waals surface area contributed by atoms with Crippen LogP contribution in [0.25, 0.3) is 0 Å². The topological polar surface area (TPSA) is 35.2 Å². The highest BCUT2D eigenvalue weighted by Crippen LogP contribution is 2.33. The van der Waals surface area contributed by atoms with Crippen molar-refractivity contribution in [1.29, 1.82) is 0 Å². The summed E-state index contributed by atoms with van der Waals surface area (Å²) in [4.78, 5) is 0. The lowest BCUT2D eigenvalue weighted by Gasteiger charge is -2.15. The molecule has 0 unspecified atom stereocenters. The first-order valence-electron chi connectivity index (χ1n) is 5.78. The fourth-order valence-corrected chi connectivity index (χ4v) is 2.32. The zero-order valence-corrected chi connectivity index (χ0v) is 12.9. The quantitative estimate of drug-likeness (QED) is 0.633. The van der Waals surface area contributed by atoms with Crippen molar-refractivity contribution < 1.29 is 4.74 Å². The minimum atomic E-state index is 0.669. The molecule has 94 valence electrons. The molecule has 3 heteroatoms. The zero-order chi connectivity index (χ0) is 13.3. The number of halogens is 1. The van der Waals surface area contributed by atoms with Gasteiger partial charge in [-0.15, -0.1) is 0 Å². The van der Waals surface area contributed by atoms with E-state index in [0.29, 0.717) is 11.4 Å². The van der Waals surface area contributed by atoms with Crippen molar-refractivity contribution in [3.05, 3.63) is 50.6 Å². The van der Waals surface area contributed by atoms with E-state index < -0.39 is 0 Å². The molecular formula is C15H16INO. The van der Waals surface area contributed by atoms with Crippen LogP contribution in [0.5, 0.6) is 11.5 Å². The van der Waals surface area contributed by atoms with E-state index in [-0.39, 0.29) is 0 Å². The van der Waals surface area contributed by atoms with Crippen LogP contribution in [0.15, 0.2) is 30.3 Å². The summed E-state index contributed by atoms with van der Waals surface area (Å²) in [7, 11) is 0. The molecule has 0 aliphatic heterocycles. The predicted molar refractivity (Wildman–Crippen MR) is 84.3 cm³/mol. The number of anilines is 1. The highest BCUT2D eigenvalue weighted by atomic mass is 127. The standard InChI is InChI=1S/C15H16INO/c1-9-4-5-10(2)15(11(9)3)18-14-7-6-12(16)8-13(14)17/h4-8H,17H2,1-3H3. The predicted octanol–water partition coefficient (Wildman–Crippen LogP) is 4.59. The molecule has 0 fully saturated rings. The Labute approximate surface area is 121 Å². The molecule has 2 nitrogen and oxygen atoms in total. The normalized spacial score (nSPS) is 10.4. The van der Waals surface area contributed by atoms with Gasteiger partial charge >= 0.3 is 0 Å². The number of nitrogens with two attached hydrogens (primary N) is 1. The molecule has 18 heavy (non-hydrogen) atoms. The Balaban J connectivity index is 2.43. The number of ether oxygens (including phenoxy) is 1. The van der Waals surface area contributed by atoms with Crippen molar-refractivity contribution >= 4 is 28.3 Å². The van der Waals surface area contributed by atoms with Gasteiger partial charge in [0.1, 0.15) is 11.5 Å². The van der Waals surface area contributed by atoms with Gasteiger partial charge < -0.3 is 10.5 Å². The third-order valence-corrected chi connectivity index (χ3v) is 3.73. The molecule has 0 spiro atoms. The molecule has 0 aliphatic rings. The lowest BCUT2D eigenvalue weighted by Crippen LogP contribution is -1.97. The molecule has 0 bridgehead atoms. The van der Waals surface area contributed by atoms with Crippen LogP contribution in [-0.4, -0.2) is 0 Å². The minimum Gasteiger partial charge on any atom is -0.455 e. The van der Waals surface area contributed by atoms with Gasteiger partial charge in [0.2, 0.25) is 0 Å².